The zero-order valence-corrected chi connectivity index (χ0v) is 18.3. The minimum Gasteiger partial charge on any atom is -0.497 e. The highest BCUT2D eigenvalue weighted by Crippen LogP contribution is 2.27. The minimum atomic E-state index is -2.94. The molecule has 1 heterocycles. The predicted molar refractivity (Wildman–Crippen MR) is 107 cm³/mol. The van der Waals surface area contributed by atoms with Crippen LogP contribution in [0, 0.1) is 0 Å². The molecule has 0 amide bonds. The van der Waals surface area contributed by atoms with E-state index in [1.807, 2.05) is 46.9 Å². The van der Waals surface area contributed by atoms with Crippen molar-refractivity contribution in [2.24, 2.45) is 0 Å². The number of methoxy groups -OCH3 is 1. The highest BCUT2D eigenvalue weighted by atomic mass is 35.9. The van der Waals surface area contributed by atoms with Crippen molar-refractivity contribution in [3.8, 4) is 22.0 Å². The van der Waals surface area contributed by atoms with Gasteiger partial charge in [-0.15, -0.1) is 0 Å². The van der Waals surface area contributed by atoms with Gasteiger partial charge < -0.3 is 44.9 Å². The summed E-state index contributed by atoms with van der Waals surface area (Å²) in [5, 5.41) is 5.68. The molecule has 10 heteroatoms. The molecule has 0 saturated carbocycles. The number of para-hydroxylation sites is 1. The summed E-state index contributed by atoms with van der Waals surface area (Å²) in [5.74, 6) is 0.866. The summed E-state index contributed by atoms with van der Waals surface area (Å²) in [6.07, 6.45) is 0. The molecule has 3 rings (SSSR count). The minimum absolute atomic E-state index is 0.866. The Balaban J connectivity index is 0.000000368. The third-order valence-corrected chi connectivity index (χ3v) is 4.99. The number of benzene rings is 2. The van der Waals surface area contributed by atoms with Crippen LogP contribution in [-0.2, 0) is 0 Å². The average molecular weight is 456 g/mol. The van der Waals surface area contributed by atoms with Crippen molar-refractivity contribution in [1.82, 2.24) is 5.10 Å². The van der Waals surface area contributed by atoms with E-state index in [0.29, 0.717) is 0 Å². The van der Waals surface area contributed by atoms with Crippen LogP contribution in [0.2, 0.25) is 0 Å². The first-order valence-corrected chi connectivity index (χ1v) is 16.0. The molecule has 2 aromatic carbocycles. The molecule has 0 N–H and O–H groups in total. The van der Waals surface area contributed by atoms with E-state index >= 15 is 0 Å². The lowest BCUT2D eigenvalue weighted by Gasteiger charge is -1.98. The number of nitrogens with zero attached hydrogens (tertiary/aromatic N) is 2. The van der Waals surface area contributed by atoms with Crippen LogP contribution in [0.4, 0.5) is 0 Å². The normalized spacial score (nSPS) is 11.0. The zero-order chi connectivity index (χ0) is 17.6. The second-order valence-corrected chi connectivity index (χ2v) is 19.4. The molecule has 24 heavy (non-hydrogen) atoms. The van der Waals surface area contributed by atoms with Crippen molar-refractivity contribution < 1.29 is 9.18 Å². The van der Waals surface area contributed by atoms with Gasteiger partial charge in [0.05, 0.1) is 7.11 Å². The van der Waals surface area contributed by atoms with E-state index in [0.717, 1.165) is 29.5 Å². The Kier molecular flexibility index (Phi) is 8.07. The number of hydrogen-bond acceptors (Lipinski definition) is 3. The number of aromatic nitrogens is 2. The van der Waals surface area contributed by atoms with Gasteiger partial charge in [0.15, 0.2) is 0 Å². The Morgan fingerprint density at radius 2 is 1.58 bits per heavy atom. The van der Waals surface area contributed by atoms with Crippen molar-refractivity contribution in [3.63, 3.8) is 0 Å². The monoisotopic (exact) mass is 454 g/mol. The molecule has 3 aromatic rings. The van der Waals surface area contributed by atoms with Gasteiger partial charge in [-0.3, -0.25) is 0 Å². The molecule has 0 aliphatic rings. The van der Waals surface area contributed by atoms with Crippen LogP contribution in [0.25, 0.3) is 16.3 Å². The van der Waals surface area contributed by atoms with E-state index < -0.39 is 9.39 Å². The van der Waals surface area contributed by atoms with Gasteiger partial charge in [-0.05, 0) is 39.7 Å². The van der Waals surface area contributed by atoms with Crippen LogP contribution in [0.5, 0.6) is 5.75 Å². The molecule has 1 aromatic heterocycles. The van der Waals surface area contributed by atoms with Crippen LogP contribution < -0.4 is 9.18 Å². The summed E-state index contributed by atoms with van der Waals surface area (Å²) in [5.41, 5.74) is 2.23. The van der Waals surface area contributed by atoms with Gasteiger partial charge >= 0.3 is 16.9 Å². The Morgan fingerprint density at radius 3 is 2.12 bits per heavy atom. The summed E-state index contributed by atoms with van der Waals surface area (Å²) in [7, 11) is 21.5. The zero-order valence-electron chi connectivity index (χ0n) is 12.4. The summed E-state index contributed by atoms with van der Waals surface area (Å²) in [4.78, 5) is 0. The highest BCUT2D eigenvalue weighted by Gasteiger charge is 2.15. The van der Waals surface area contributed by atoms with Gasteiger partial charge in [0.1, 0.15) is 5.75 Å². The fourth-order valence-corrected chi connectivity index (χ4v) is 3.92. The van der Waals surface area contributed by atoms with Crippen molar-refractivity contribution in [3.05, 3.63) is 54.6 Å². The quantitative estimate of drug-likeness (QED) is 0.449. The van der Waals surface area contributed by atoms with E-state index in [9.17, 15) is 0 Å². The molecule has 0 aliphatic heterocycles. The van der Waals surface area contributed by atoms with Gasteiger partial charge in [-0.1, -0.05) is 18.2 Å². The van der Waals surface area contributed by atoms with Gasteiger partial charge in [-0.2, -0.15) is 0 Å². The predicted octanol–water partition coefficient (Wildman–Crippen LogP) is 6.05. The van der Waals surface area contributed by atoms with Crippen molar-refractivity contribution in [2.75, 3.05) is 7.11 Å². The third-order valence-electron chi connectivity index (χ3n) is 2.71. The molecule has 0 unspecified atom stereocenters. The average Bonchev–Trinajstić information content (AvgIpc) is 3.04. The Labute approximate surface area is 165 Å². The van der Waals surface area contributed by atoms with Crippen molar-refractivity contribution >= 4 is 68.1 Å². The fourth-order valence-electron chi connectivity index (χ4n) is 1.71. The molecule has 0 radical (unpaired) electrons. The first-order valence-electron chi connectivity index (χ1n) is 6.70. The maximum absolute atomic E-state index is 5.16. The van der Waals surface area contributed by atoms with Gasteiger partial charge in [0, 0.05) is 22.8 Å². The van der Waals surface area contributed by atoms with Gasteiger partial charge in [0.2, 0.25) is 10.7 Å². The maximum atomic E-state index is 5.16. The van der Waals surface area contributed by atoms with Crippen LogP contribution in [-0.4, -0.2) is 21.6 Å². The smallest absolute Gasteiger partial charge is 0.497 e. The summed E-state index contributed by atoms with van der Waals surface area (Å²) in [6.45, 7) is 0. The van der Waals surface area contributed by atoms with Crippen molar-refractivity contribution in [1.29, 1.82) is 0 Å². The van der Waals surface area contributed by atoms with Crippen LogP contribution in [0.15, 0.2) is 54.6 Å². The Morgan fingerprint density at radius 1 is 1.00 bits per heavy atom. The highest BCUT2D eigenvalue weighted by molar-refractivity contribution is 7.81. The SMILES string of the molecule is COc1ccc(-c2n[n+](-c3ccccc3)ps2)cc1.[Cl][Al-]([Cl])([Cl])[Cl]. The second kappa shape index (κ2) is 9.57. The Hall–Kier alpha value is -0.0775. The summed E-state index contributed by atoms with van der Waals surface area (Å²) in [6, 6.07) is 18.2. The first kappa shape index (κ1) is 20.2. The molecular weight excluding hydrogens is 444 g/mol. The molecular formula is C14H12AlCl4N2OPS. The summed E-state index contributed by atoms with van der Waals surface area (Å²) >= 11 is 0. The molecule has 0 atom stereocenters. The van der Waals surface area contributed by atoms with Gasteiger partial charge in [-0.25, -0.2) is 0 Å². The van der Waals surface area contributed by atoms with Crippen LogP contribution in [0.1, 0.15) is 0 Å². The van der Waals surface area contributed by atoms with E-state index in [1.54, 1.807) is 18.1 Å². The topological polar surface area (TPSA) is 26.0 Å². The van der Waals surface area contributed by atoms with E-state index in [4.69, 9.17) is 44.9 Å². The Bertz CT molecular complexity index is 762. The molecule has 126 valence electrons. The van der Waals surface area contributed by atoms with Gasteiger partial charge in [0.25, 0.3) is 0 Å². The number of rotatable bonds is 3. The molecule has 0 spiro atoms. The largest absolute Gasteiger partial charge is 0.564 e. The van der Waals surface area contributed by atoms with Crippen LogP contribution in [0.3, 0.4) is 0 Å². The molecule has 0 saturated heterocycles. The fraction of sp³-hybridized carbons (Fsp3) is 0.0714. The summed E-state index contributed by atoms with van der Waals surface area (Å²) < 4.78 is 7.15. The van der Waals surface area contributed by atoms with Crippen molar-refractivity contribution in [2.45, 2.75) is 0 Å². The molecule has 0 fully saturated rings. The molecule has 3 nitrogen and oxygen atoms in total. The van der Waals surface area contributed by atoms with E-state index in [-0.39, 0.29) is 0 Å². The number of hydrogen-bond donors (Lipinski definition) is 0. The number of halogens is 4. The lowest BCUT2D eigenvalue weighted by Crippen LogP contribution is -2.27. The lowest BCUT2D eigenvalue weighted by atomic mass is 10.2. The second-order valence-electron chi connectivity index (χ2n) is 4.43. The van der Waals surface area contributed by atoms with Crippen LogP contribution >= 0.6 is 58.7 Å². The third kappa shape index (κ3) is 7.04. The maximum Gasteiger partial charge on any atom is 0.564 e. The standard InChI is InChI=1S/C14H12N2OPS.Al.4ClH/c1-17-13-9-7-11(8-10-13)14-15-16(18-19-14)12-5-3-2-4-6-12;;;;;/h2-10H,1H3;;4*1H/q+1;+3;;;;/p-4. The first-order chi connectivity index (χ1) is 11.4. The molecule has 0 bridgehead atoms. The van der Waals surface area contributed by atoms with E-state index in [2.05, 4.69) is 17.2 Å². The molecule has 0 aliphatic carbocycles. The lowest BCUT2D eigenvalue weighted by molar-refractivity contribution is -0.584. The number of ether oxygens (including phenoxy) is 1. The van der Waals surface area contributed by atoms with E-state index in [1.165, 1.54) is 0 Å².